The second-order valence-electron chi connectivity index (χ2n) is 19.3. The van der Waals surface area contributed by atoms with Crippen LogP contribution in [0.1, 0.15) is 296 Å². The molecule has 2 unspecified atom stereocenters. The summed E-state index contributed by atoms with van der Waals surface area (Å²) in [7, 11) is 0. The molecule has 3 N–H and O–H groups in total. The second kappa shape index (κ2) is 53.7. The van der Waals surface area contributed by atoms with E-state index in [2.05, 4.69) is 43.5 Å². The van der Waals surface area contributed by atoms with E-state index in [1.165, 1.54) is 199 Å². The van der Waals surface area contributed by atoms with Gasteiger partial charge in [-0.3, -0.25) is 9.59 Å². The number of rotatable bonds is 52. The molecule has 0 aliphatic heterocycles. The van der Waals surface area contributed by atoms with Crippen LogP contribution in [0.3, 0.4) is 0 Å². The third-order valence-electron chi connectivity index (χ3n) is 12.9. The summed E-state index contributed by atoms with van der Waals surface area (Å²) in [6, 6.07) is -0.640. The highest BCUT2D eigenvalue weighted by atomic mass is 16.5. The molecule has 1 amide bonds. The highest BCUT2D eigenvalue weighted by Gasteiger charge is 2.18. The fraction of sp³-hybridized carbons (Fsp3) is 0.862. The van der Waals surface area contributed by atoms with Crippen LogP contribution in [-0.2, 0) is 14.3 Å². The minimum Gasteiger partial charge on any atom is -0.466 e. The van der Waals surface area contributed by atoms with Gasteiger partial charge in [0.1, 0.15) is 0 Å². The van der Waals surface area contributed by atoms with Gasteiger partial charge in [-0.25, -0.2) is 0 Å². The Morgan fingerprint density at radius 3 is 1.11 bits per heavy atom. The van der Waals surface area contributed by atoms with E-state index in [0.29, 0.717) is 19.4 Å². The molecular formula is C58H109NO5. The minimum absolute atomic E-state index is 0.0188. The number of amides is 1. The fourth-order valence-corrected chi connectivity index (χ4v) is 8.50. The normalized spacial score (nSPS) is 12.9. The molecule has 0 aliphatic carbocycles. The Morgan fingerprint density at radius 1 is 0.422 bits per heavy atom. The number of hydrogen-bond acceptors (Lipinski definition) is 5. The molecule has 0 aliphatic rings. The molecule has 64 heavy (non-hydrogen) atoms. The van der Waals surface area contributed by atoms with Gasteiger partial charge in [0, 0.05) is 12.8 Å². The lowest BCUT2D eigenvalue weighted by atomic mass is 10.0. The maximum atomic E-state index is 12.4. The Hall–Kier alpha value is -1.92. The van der Waals surface area contributed by atoms with Crippen molar-refractivity contribution in [3.8, 4) is 0 Å². The number of allylic oxidation sites excluding steroid dienone is 5. The minimum atomic E-state index is -0.855. The standard InChI is InChI=1S/C58H109NO5/c1-3-5-7-9-11-13-15-17-19-22-26-30-34-38-42-46-50-56(61)55(54-60)59-57(62)51-47-43-39-35-31-27-23-21-25-29-33-37-41-45-49-53-64-58(63)52-48-44-40-36-32-28-24-20-18-16-14-12-10-8-6-4-2/h20,24-25,29,46,50,55-56,60-61H,3-19,21-23,26-28,30-45,47-49,51-54H2,1-2H3,(H,59,62)/b24-20-,29-25-,50-46+. The molecule has 0 heterocycles. The Morgan fingerprint density at radius 2 is 0.734 bits per heavy atom. The number of hydrogen-bond donors (Lipinski definition) is 3. The van der Waals surface area contributed by atoms with Crippen molar-refractivity contribution in [2.45, 2.75) is 309 Å². The van der Waals surface area contributed by atoms with Crippen LogP contribution in [0.4, 0.5) is 0 Å². The van der Waals surface area contributed by atoms with Crippen molar-refractivity contribution in [2.75, 3.05) is 13.2 Å². The molecule has 0 aromatic carbocycles. The van der Waals surface area contributed by atoms with E-state index in [-0.39, 0.29) is 18.5 Å². The third kappa shape index (κ3) is 49.5. The summed E-state index contributed by atoms with van der Waals surface area (Å²) in [5.74, 6) is -0.102. The third-order valence-corrected chi connectivity index (χ3v) is 12.9. The Kier molecular flexibility index (Phi) is 52.1. The number of carbonyl (C=O) groups excluding carboxylic acids is 2. The van der Waals surface area contributed by atoms with E-state index in [9.17, 15) is 19.8 Å². The zero-order valence-electron chi connectivity index (χ0n) is 42.8. The molecule has 2 atom stereocenters. The van der Waals surface area contributed by atoms with Crippen LogP contribution >= 0.6 is 0 Å². The van der Waals surface area contributed by atoms with Crippen molar-refractivity contribution in [3.63, 3.8) is 0 Å². The van der Waals surface area contributed by atoms with Crippen molar-refractivity contribution in [2.24, 2.45) is 0 Å². The first-order valence-electron chi connectivity index (χ1n) is 28.3. The van der Waals surface area contributed by atoms with Crippen molar-refractivity contribution < 1.29 is 24.5 Å². The molecule has 0 aromatic rings. The van der Waals surface area contributed by atoms with Crippen molar-refractivity contribution in [3.05, 3.63) is 36.5 Å². The van der Waals surface area contributed by atoms with Gasteiger partial charge in [0.05, 0.1) is 25.4 Å². The first-order valence-corrected chi connectivity index (χ1v) is 28.3. The van der Waals surface area contributed by atoms with Gasteiger partial charge in [-0.05, 0) is 83.5 Å². The molecule has 0 radical (unpaired) electrons. The highest BCUT2D eigenvalue weighted by molar-refractivity contribution is 5.76. The van der Waals surface area contributed by atoms with Gasteiger partial charge in [-0.2, -0.15) is 0 Å². The molecule has 0 aromatic heterocycles. The number of aliphatic hydroxyl groups is 2. The van der Waals surface area contributed by atoms with Crippen LogP contribution in [0.15, 0.2) is 36.5 Å². The highest BCUT2D eigenvalue weighted by Crippen LogP contribution is 2.16. The summed E-state index contributed by atoms with van der Waals surface area (Å²) in [5.41, 5.74) is 0. The molecule has 0 bridgehead atoms. The van der Waals surface area contributed by atoms with Gasteiger partial charge in [0.15, 0.2) is 0 Å². The number of ether oxygens (including phenoxy) is 1. The summed E-state index contributed by atoms with van der Waals surface area (Å²) in [4.78, 5) is 24.5. The van der Waals surface area contributed by atoms with E-state index in [0.717, 1.165) is 70.6 Å². The molecule has 6 heteroatoms. The number of unbranched alkanes of at least 4 members (excludes halogenated alkanes) is 37. The smallest absolute Gasteiger partial charge is 0.305 e. The first kappa shape index (κ1) is 62.1. The van der Waals surface area contributed by atoms with E-state index in [1.807, 2.05) is 6.08 Å². The Labute approximate surface area is 398 Å². The van der Waals surface area contributed by atoms with Gasteiger partial charge in [-0.1, -0.05) is 237 Å². The molecule has 0 rings (SSSR count). The van der Waals surface area contributed by atoms with E-state index in [4.69, 9.17) is 4.74 Å². The first-order chi connectivity index (χ1) is 31.5. The average molecular weight is 901 g/mol. The summed E-state index contributed by atoms with van der Waals surface area (Å²) < 4.78 is 5.46. The maximum Gasteiger partial charge on any atom is 0.305 e. The SMILES string of the molecule is CCCCCCCCC/C=C\CCCCCCCC(=O)OCCCCCC/C=C\CCCCCCCCCC(=O)NC(CO)C(O)/C=C/CCCCCCCCCCCCCCCC. The van der Waals surface area contributed by atoms with Crippen LogP contribution in [0.5, 0.6) is 0 Å². The number of nitrogens with one attached hydrogen (secondary N) is 1. The molecule has 0 saturated heterocycles. The summed E-state index contributed by atoms with van der Waals surface area (Å²) >= 11 is 0. The predicted molar refractivity (Wildman–Crippen MR) is 278 cm³/mol. The van der Waals surface area contributed by atoms with Crippen molar-refractivity contribution in [1.29, 1.82) is 0 Å². The summed E-state index contributed by atoms with van der Waals surface area (Å²) in [6.45, 7) is 4.87. The summed E-state index contributed by atoms with van der Waals surface area (Å²) in [6.07, 6.45) is 65.8. The Bertz CT molecular complexity index is 1040. The largest absolute Gasteiger partial charge is 0.466 e. The zero-order valence-corrected chi connectivity index (χ0v) is 42.8. The Balaban J connectivity index is 3.51. The quantitative estimate of drug-likeness (QED) is 0.0321. The molecule has 376 valence electrons. The second-order valence-corrected chi connectivity index (χ2v) is 19.3. The van der Waals surface area contributed by atoms with E-state index < -0.39 is 12.1 Å². The van der Waals surface area contributed by atoms with Crippen LogP contribution in [0.25, 0.3) is 0 Å². The molecule has 0 saturated carbocycles. The molecule has 6 nitrogen and oxygen atoms in total. The van der Waals surface area contributed by atoms with Crippen LogP contribution < -0.4 is 5.32 Å². The van der Waals surface area contributed by atoms with E-state index in [1.54, 1.807) is 6.08 Å². The molecule has 0 spiro atoms. The van der Waals surface area contributed by atoms with Crippen LogP contribution in [0.2, 0.25) is 0 Å². The zero-order chi connectivity index (χ0) is 46.5. The number of carbonyl (C=O) groups is 2. The van der Waals surface area contributed by atoms with Crippen molar-refractivity contribution >= 4 is 11.9 Å². The maximum absolute atomic E-state index is 12.4. The monoisotopic (exact) mass is 900 g/mol. The number of aliphatic hydroxyl groups excluding tert-OH is 2. The van der Waals surface area contributed by atoms with Crippen molar-refractivity contribution in [1.82, 2.24) is 5.32 Å². The van der Waals surface area contributed by atoms with Gasteiger partial charge in [0.25, 0.3) is 0 Å². The lowest BCUT2D eigenvalue weighted by Gasteiger charge is -2.20. The van der Waals surface area contributed by atoms with Crippen LogP contribution in [0, 0.1) is 0 Å². The van der Waals surface area contributed by atoms with Gasteiger partial charge in [0.2, 0.25) is 5.91 Å². The molecular weight excluding hydrogens is 791 g/mol. The van der Waals surface area contributed by atoms with Gasteiger partial charge in [-0.15, -0.1) is 0 Å². The molecule has 0 fully saturated rings. The fourth-order valence-electron chi connectivity index (χ4n) is 8.50. The number of esters is 1. The van der Waals surface area contributed by atoms with Gasteiger partial charge >= 0.3 is 5.97 Å². The topological polar surface area (TPSA) is 95.9 Å². The summed E-state index contributed by atoms with van der Waals surface area (Å²) in [5, 5.41) is 23.1. The lowest BCUT2D eigenvalue weighted by molar-refractivity contribution is -0.143. The van der Waals surface area contributed by atoms with E-state index >= 15 is 0 Å². The predicted octanol–water partition coefficient (Wildman–Crippen LogP) is 17.2. The lowest BCUT2D eigenvalue weighted by Crippen LogP contribution is -2.45. The van der Waals surface area contributed by atoms with Crippen LogP contribution in [-0.4, -0.2) is 47.4 Å². The average Bonchev–Trinajstić information content (AvgIpc) is 3.29. The van der Waals surface area contributed by atoms with Gasteiger partial charge < -0.3 is 20.3 Å².